The molecule has 158 valence electrons. The van der Waals surface area contributed by atoms with Gasteiger partial charge in [0, 0.05) is 12.6 Å². The fourth-order valence-electron chi connectivity index (χ4n) is 3.13. The number of rotatable bonds is 8. The zero-order chi connectivity index (χ0) is 20.9. The zero-order valence-corrected chi connectivity index (χ0v) is 19.0. The third-order valence-electron chi connectivity index (χ3n) is 5.11. The highest BCUT2D eigenvalue weighted by Crippen LogP contribution is 2.36. The average molecular weight is 429 g/mol. The lowest BCUT2D eigenvalue weighted by molar-refractivity contribution is -0.138. The molecule has 1 aromatic heterocycles. The molecule has 1 saturated carbocycles. The molecule has 0 atom stereocenters. The van der Waals surface area contributed by atoms with Gasteiger partial charge in [0.1, 0.15) is 4.75 Å². The molecular weight excluding hydrogens is 396 g/mol. The summed E-state index contributed by atoms with van der Waals surface area (Å²) in [5.74, 6) is 0.344. The summed E-state index contributed by atoms with van der Waals surface area (Å²) >= 11 is 2.35. The maximum atomic E-state index is 13.0. The van der Waals surface area contributed by atoms with Crippen molar-refractivity contribution in [3.05, 3.63) is 0 Å². The number of anilines is 1. The maximum absolute atomic E-state index is 13.0. The molecule has 1 aliphatic carbocycles. The van der Waals surface area contributed by atoms with E-state index >= 15 is 0 Å². The van der Waals surface area contributed by atoms with Crippen molar-refractivity contribution in [1.82, 2.24) is 15.1 Å². The van der Waals surface area contributed by atoms with Crippen LogP contribution in [0.1, 0.15) is 66.7 Å². The number of carbonyl (C=O) groups is 2. The summed E-state index contributed by atoms with van der Waals surface area (Å²) in [6.45, 7) is 10.6. The molecule has 0 bridgehead atoms. The highest BCUT2D eigenvalue weighted by Gasteiger charge is 2.31. The van der Waals surface area contributed by atoms with Gasteiger partial charge >= 0.3 is 12.0 Å². The van der Waals surface area contributed by atoms with Gasteiger partial charge in [-0.05, 0) is 57.8 Å². The highest BCUT2D eigenvalue weighted by molar-refractivity contribution is 8.03. The number of thioether (sulfide) groups is 1. The monoisotopic (exact) mass is 428 g/mol. The number of carboxylic acids is 1. The summed E-state index contributed by atoms with van der Waals surface area (Å²) in [4.78, 5) is 26.2. The normalized spacial score (nSPS) is 20.2. The second-order valence-electron chi connectivity index (χ2n) is 8.51. The van der Waals surface area contributed by atoms with E-state index in [1.807, 2.05) is 4.90 Å². The molecule has 9 heteroatoms. The van der Waals surface area contributed by atoms with E-state index in [1.54, 1.807) is 13.8 Å². The Balaban J connectivity index is 2.03. The van der Waals surface area contributed by atoms with Crippen molar-refractivity contribution < 1.29 is 14.7 Å². The van der Waals surface area contributed by atoms with Gasteiger partial charge in [-0.25, -0.2) is 4.79 Å². The molecule has 2 rings (SSSR count). The van der Waals surface area contributed by atoms with Gasteiger partial charge in [0.2, 0.25) is 5.13 Å². The van der Waals surface area contributed by atoms with E-state index < -0.39 is 10.7 Å². The smallest absolute Gasteiger partial charge is 0.323 e. The minimum Gasteiger partial charge on any atom is -0.480 e. The number of amides is 2. The lowest BCUT2D eigenvalue weighted by Gasteiger charge is -2.36. The summed E-state index contributed by atoms with van der Waals surface area (Å²) in [6.07, 6.45) is 5.34. The van der Waals surface area contributed by atoms with Crippen LogP contribution in [0.4, 0.5) is 9.93 Å². The first-order valence-corrected chi connectivity index (χ1v) is 11.5. The van der Waals surface area contributed by atoms with E-state index in [1.165, 1.54) is 11.3 Å². The molecule has 2 N–H and O–H groups in total. The Morgan fingerprint density at radius 2 is 1.93 bits per heavy atom. The molecule has 28 heavy (non-hydrogen) atoms. The number of hydrogen-bond acceptors (Lipinski definition) is 6. The first-order chi connectivity index (χ1) is 13.1. The number of nitrogens with zero attached hydrogens (tertiary/aromatic N) is 3. The van der Waals surface area contributed by atoms with Crippen LogP contribution < -0.4 is 5.32 Å². The Morgan fingerprint density at radius 1 is 1.29 bits per heavy atom. The van der Waals surface area contributed by atoms with E-state index in [9.17, 15) is 14.7 Å². The fourth-order valence-corrected chi connectivity index (χ4v) is 5.23. The standard InChI is InChI=1S/C19H32N4O3S2/c1-12(2)10-11-23(14-8-6-13(3)7-9-14)17(26)20-16-21-22-18(27-16)28-19(4,5)15(24)25/h12-14H,6-11H2,1-5H3,(H,24,25)(H,20,21,26). The average Bonchev–Trinajstić information content (AvgIpc) is 3.02. The van der Waals surface area contributed by atoms with Crippen LogP contribution in [-0.4, -0.2) is 49.5 Å². The number of nitrogens with one attached hydrogen (secondary N) is 1. The van der Waals surface area contributed by atoms with Crippen LogP contribution in [0.2, 0.25) is 0 Å². The third-order valence-corrected chi connectivity index (χ3v) is 7.19. The molecule has 1 heterocycles. The van der Waals surface area contributed by atoms with Crippen LogP contribution in [0.25, 0.3) is 0 Å². The Kier molecular flexibility index (Phi) is 8.12. The molecule has 1 aromatic rings. The molecule has 0 spiro atoms. The topological polar surface area (TPSA) is 95.4 Å². The zero-order valence-electron chi connectivity index (χ0n) is 17.4. The number of aromatic nitrogens is 2. The van der Waals surface area contributed by atoms with Crippen LogP contribution >= 0.6 is 23.1 Å². The first-order valence-electron chi connectivity index (χ1n) is 9.92. The summed E-state index contributed by atoms with van der Waals surface area (Å²) in [6, 6.07) is 0.132. The Hall–Kier alpha value is -1.35. The first kappa shape index (κ1) is 22.9. The van der Waals surface area contributed by atoms with Crippen molar-refractivity contribution in [3.8, 4) is 0 Å². The molecule has 0 unspecified atom stereocenters. The van der Waals surface area contributed by atoms with Crippen molar-refractivity contribution in [1.29, 1.82) is 0 Å². The molecule has 0 aromatic carbocycles. The highest BCUT2D eigenvalue weighted by atomic mass is 32.2. The summed E-state index contributed by atoms with van der Waals surface area (Å²) in [5.41, 5.74) is 0. The van der Waals surface area contributed by atoms with E-state index in [2.05, 4.69) is 36.3 Å². The molecule has 0 saturated heterocycles. The molecule has 1 aliphatic rings. The largest absolute Gasteiger partial charge is 0.480 e. The van der Waals surface area contributed by atoms with E-state index in [0.717, 1.165) is 56.3 Å². The summed E-state index contributed by atoms with van der Waals surface area (Å²) < 4.78 is -0.467. The second-order valence-corrected chi connectivity index (χ2v) is 11.4. The van der Waals surface area contributed by atoms with Gasteiger partial charge in [0.25, 0.3) is 0 Å². The molecule has 0 aliphatic heterocycles. The third kappa shape index (κ3) is 6.62. The predicted octanol–water partition coefficient (Wildman–Crippen LogP) is 4.95. The van der Waals surface area contributed by atoms with Crippen molar-refractivity contribution in [2.24, 2.45) is 11.8 Å². The van der Waals surface area contributed by atoms with Gasteiger partial charge in [-0.3, -0.25) is 10.1 Å². The Bertz CT molecular complexity index is 670. The van der Waals surface area contributed by atoms with E-state index in [-0.39, 0.29) is 12.1 Å². The number of aliphatic carboxylic acids is 1. The van der Waals surface area contributed by atoms with Crippen LogP contribution in [0.15, 0.2) is 4.34 Å². The molecule has 1 fully saturated rings. The summed E-state index contributed by atoms with van der Waals surface area (Å²) in [7, 11) is 0. The van der Waals surface area contributed by atoms with Crippen LogP contribution in [0.5, 0.6) is 0 Å². The lowest BCUT2D eigenvalue weighted by atomic mass is 9.86. The van der Waals surface area contributed by atoms with Crippen LogP contribution in [-0.2, 0) is 4.79 Å². The summed E-state index contributed by atoms with van der Waals surface area (Å²) in [5, 5.41) is 20.6. The molecule has 2 amide bonds. The molecular formula is C19H32N4O3S2. The Labute approximate surface area is 175 Å². The minimum atomic E-state index is -0.997. The van der Waals surface area contributed by atoms with Gasteiger partial charge in [-0.15, -0.1) is 10.2 Å². The van der Waals surface area contributed by atoms with E-state index in [4.69, 9.17) is 0 Å². The van der Waals surface area contributed by atoms with Gasteiger partial charge in [0.05, 0.1) is 0 Å². The van der Waals surface area contributed by atoms with Gasteiger partial charge in [-0.2, -0.15) is 0 Å². The number of carbonyl (C=O) groups excluding carboxylic acids is 1. The second kappa shape index (κ2) is 9.91. The van der Waals surface area contributed by atoms with Gasteiger partial charge < -0.3 is 10.0 Å². The van der Waals surface area contributed by atoms with Crippen molar-refractivity contribution in [2.45, 2.75) is 81.9 Å². The quantitative estimate of drug-likeness (QED) is 0.449. The SMILES string of the molecule is CC(C)CCN(C(=O)Nc1nnc(SC(C)(C)C(=O)O)s1)C1CCC(C)CC1. The predicted molar refractivity (Wildman–Crippen MR) is 114 cm³/mol. The van der Waals surface area contributed by atoms with Crippen molar-refractivity contribution in [3.63, 3.8) is 0 Å². The van der Waals surface area contributed by atoms with Crippen molar-refractivity contribution in [2.75, 3.05) is 11.9 Å². The molecule has 7 nitrogen and oxygen atoms in total. The fraction of sp³-hybridized carbons (Fsp3) is 0.789. The number of urea groups is 1. The Morgan fingerprint density at radius 3 is 2.50 bits per heavy atom. The lowest BCUT2D eigenvalue weighted by Crippen LogP contribution is -2.45. The van der Waals surface area contributed by atoms with E-state index in [0.29, 0.717) is 15.4 Å². The minimum absolute atomic E-state index is 0.134. The van der Waals surface area contributed by atoms with Crippen LogP contribution in [0.3, 0.4) is 0 Å². The molecule has 0 radical (unpaired) electrons. The van der Waals surface area contributed by atoms with Crippen LogP contribution in [0, 0.1) is 11.8 Å². The van der Waals surface area contributed by atoms with Gasteiger partial charge in [0.15, 0.2) is 4.34 Å². The van der Waals surface area contributed by atoms with Crippen molar-refractivity contribution >= 4 is 40.2 Å². The van der Waals surface area contributed by atoms with Gasteiger partial charge in [-0.1, -0.05) is 43.9 Å². The number of hydrogen-bond donors (Lipinski definition) is 2. The maximum Gasteiger partial charge on any atom is 0.323 e. The number of carboxylic acid groups (broad SMARTS) is 1.